The number of carbonyl (C=O) groups excluding carboxylic acids is 1. The van der Waals surface area contributed by atoms with Crippen molar-refractivity contribution in [3.05, 3.63) is 47.3 Å². The number of para-hydroxylation sites is 1. The molecule has 1 aromatic heterocycles. The minimum Gasteiger partial charge on any atom is -0.350 e. The van der Waals surface area contributed by atoms with Crippen LogP contribution in [-0.4, -0.2) is 27.8 Å². The molecule has 0 saturated carbocycles. The van der Waals surface area contributed by atoms with Crippen LogP contribution in [0, 0.1) is 6.92 Å². The van der Waals surface area contributed by atoms with Gasteiger partial charge in [-0.05, 0) is 32.4 Å². The highest BCUT2D eigenvalue weighted by Gasteiger charge is 2.40. The van der Waals surface area contributed by atoms with E-state index in [1.165, 1.54) is 6.07 Å². The van der Waals surface area contributed by atoms with E-state index in [1.807, 2.05) is 0 Å². The van der Waals surface area contributed by atoms with Crippen LogP contribution in [0.25, 0.3) is 5.69 Å². The number of halogens is 4. The van der Waals surface area contributed by atoms with Crippen molar-refractivity contribution in [1.82, 2.24) is 15.1 Å². The summed E-state index contributed by atoms with van der Waals surface area (Å²) < 4.78 is 41.3. The Bertz CT molecular complexity index is 751. The number of amides is 1. The van der Waals surface area contributed by atoms with Gasteiger partial charge in [0.05, 0.1) is 17.4 Å². The van der Waals surface area contributed by atoms with Gasteiger partial charge in [0, 0.05) is 12.1 Å². The first-order valence-corrected chi connectivity index (χ1v) is 7.29. The monoisotopic (exact) mass is 376 g/mol. The van der Waals surface area contributed by atoms with Crippen molar-refractivity contribution in [1.29, 1.82) is 0 Å². The minimum absolute atomic E-state index is 0. The Morgan fingerprint density at radius 2 is 1.88 bits per heavy atom. The zero-order valence-electron chi connectivity index (χ0n) is 14.0. The smallest absolute Gasteiger partial charge is 0.350 e. The summed E-state index contributed by atoms with van der Waals surface area (Å²) in [6, 6.07) is 6.52. The van der Waals surface area contributed by atoms with Crippen LogP contribution >= 0.6 is 12.4 Å². The Labute approximate surface area is 149 Å². The molecule has 0 aliphatic heterocycles. The summed E-state index contributed by atoms with van der Waals surface area (Å²) in [5.41, 5.74) is 4.25. The summed E-state index contributed by atoms with van der Waals surface area (Å²) in [7, 11) is 0. The number of benzene rings is 1. The molecule has 25 heavy (non-hydrogen) atoms. The van der Waals surface area contributed by atoms with Crippen LogP contribution in [0.5, 0.6) is 0 Å². The van der Waals surface area contributed by atoms with Gasteiger partial charge in [-0.1, -0.05) is 18.2 Å². The fourth-order valence-corrected chi connectivity index (χ4v) is 2.17. The fraction of sp³-hybridized carbons (Fsp3) is 0.375. The molecule has 1 heterocycles. The van der Waals surface area contributed by atoms with Crippen molar-refractivity contribution in [2.75, 3.05) is 6.54 Å². The SMILES string of the molecule is Cc1ccccc1-n1ncc(C(=O)NCC(C)(C)N)c1C(F)(F)F.Cl. The van der Waals surface area contributed by atoms with Crippen LogP contribution in [0.15, 0.2) is 30.5 Å². The second kappa shape index (κ2) is 7.45. The van der Waals surface area contributed by atoms with Gasteiger partial charge in [0.25, 0.3) is 5.91 Å². The number of aryl methyl sites for hydroxylation is 1. The minimum atomic E-state index is -4.73. The molecular formula is C16H20ClF3N4O. The number of nitrogens with zero attached hydrogens (tertiary/aromatic N) is 2. The Morgan fingerprint density at radius 1 is 1.28 bits per heavy atom. The maximum atomic E-state index is 13.5. The Hall–Kier alpha value is -2.06. The molecule has 2 aromatic rings. The molecule has 2 rings (SSSR count). The molecule has 0 atom stereocenters. The molecule has 0 radical (unpaired) electrons. The van der Waals surface area contributed by atoms with Gasteiger partial charge in [-0.15, -0.1) is 12.4 Å². The van der Waals surface area contributed by atoms with E-state index in [2.05, 4.69) is 10.4 Å². The molecule has 0 fully saturated rings. The van der Waals surface area contributed by atoms with Gasteiger partial charge in [-0.25, -0.2) is 4.68 Å². The van der Waals surface area contributed by atoms with Gasteiger partial charge in [0.2, 0.25) is 0 Å². The van der Waals surface area contributed by atoms with E-state index < -0.39 is 28.9 Å². The molecule has 0 saturated heterocycles. The second-order valence-electron chi connectivity index (χ2n) is 6.27. The predicted molar refractivity (Wildman–Crippen MR) is 91.2 cm³/mol. The summed E-state index contributed by atoms with van der Waals surface area (Å²) in [6.45, 7) is 5.04. The molecule has 0 bridgehead atoms. The van der Waals surface area contributed by atoms with E-state index in [0.29, 0.717) is 5.56 Å². The molecule has 3 N–H and O–H groups in total. The molecule has 0 unspecified atom stereocenters. The first-order chi connectivity index (χ1) is 11.0. The predicted octanol–water partition coefficient (Wildman–Crippen LogP) is 3.09. The van der Waals surface area contributed by atoms with Gasteiger partial charge in [-0.3, -0.25) is 4.79 Å². The third kappa shape index (κ3) is 4.96. The molecule has 1 amide bonds. The number of hydrogen-bond acceptors (Lipinski definition) is 3. The van der Waals surface area contributed by atoms with Crippen LogP contribution in [-0.2, 0) is 6.18 Å². The number of carbonyl (C=O) groups is 1. The van der Waals surface area contributed by atoms with Gasteiger partial charge in [0.15, 0.2) is 5.69 Å². The van der Waals surface area contributed by atoms with Crippen LogP contribution in [0.2, 0.25) is 0 Å². The van der Waals surface area contributed by atoms with E-state index in [-0.39, 0.29) is 24.6 Å². The Morgan fingerprint density at radius 3 is 2.40 bits per heavy atom. The van der Waals surface area contributed by atoms with Crippen molar-refractivity contribution in [3.63, 3.8) is 0 Å². The normalized spacial score (nSPS) is 11.8. The number of aromatic nitrogens is 2. The van der Waals surface area contributed by atoms with Crippen molar-refractivity contribution < 1.29 is 18.0 Å². The van der Waals surface area contributed by atoms with Gasteiger partial charge < -0.3 is 11.1 Å². The maximum Gasteiger partial charge on any atom is 0.434 e. The highest BCUT2D eigenvalue weighted by atomic mass is 35.5. The number of hydrogen-bond donors (Lipinski definition) is 2. The molecule has 0 aliphatic rings. The number of alkyl halides is 3. The summed E-state index contributed by atoms with van der Waals surface area (Å²) in [5.74, 6) is -0.860. The van der Waals surface area contributed by atoms with Crippen LogP contribution in [0.1, 0.15) is 35.5 Å². The standard InChI is InChI=1S/C16H19F3N4O.ClH/c1-10-6-4-5-7-12(10)23-13(16(17,18)19)11(8-22-23)14(24)21-9-15(2,3)20;/h4-8H,9,20H2,1-3H3,(H,21,24);1H. The zero-order valence-corrected chi connectivity index (χ0v) is 14.8. The third-order valence-electron chi connectivity index (χ3n) is 3.33. The quantitative estimate of drug-likeness (QED) is 0.861. The van der Waals surface area contributed by atoms with Crippen LogP contribution < -0.4 is 11.1 Å². The first kappa shape index (κ1) is 21.0. The number of nitrogens with two attached hydrogens (primary N) is 1. The molecule has 5 nitrogen and oxygen atoms in total. The average Bonchev–Trinajstić information content (AvgIpc) is 2.89. The highest BCUT2D eigenvalue weighted by molar-refractivity contribution is 5.95. The van der Waals surface area contributed by atoms with E-state index in [0.717, 1.165) is 10.9 Å². The molecule has 138 valence electrons. The van der Waals surface area contributed by atoms with Crippen LogP contribution in [0.4, 0.5) is 13.2 Å². The van der Waals surface area contributed by atoms with E-state index in [9.17, 15) is 18.0 Å². The zero-order chi connectivity index (χ0) is 18.1. The lowest BCUT2D eigenvalue weighted by molar-refractivity contribution is -0.143. The number of nitrogens with one attached hydrogen (secondary N) is 1. The van der Waals surface area contributed by atoms with Gasteiger partial charge in [-0.2, -0.15) is 18.3 Å². The van der Waals surface area contributed by atoms with Crippen molar-refractivity contribution in [2.45, 2.75) is 32.5 Å². The fourth-order valence-electron chi connectivity index (χ4n) is 2.17. The summed E-state index contributed by atoms with van der Waals surface area (Å²) in [6.07, 6.45) is -3.81. The average molecular weight is 377 g/mol. The van der Waals surface area contributed by atoms with E-state index in [4.69, 9.17) is 5.73 Å². The lowest BCUT2D eigenvalue weighted by Crippen LogP contribution is -2.45. The van der Waals surface area contributed by atoms with Crippen molar-refractivity contribution in [3.8, 4) is 5.69 Å². The van der Waals surface area contributed by atoms with Gasteiger partial charge >= 0.3 is 6.18 Å². The largest absolute Gasteiger partial charge is 0.434 e. The van der Waals surface area contributed by atoms with Crippen molar-refractivity contribution >= 4 is 18.3 Å². The Kier molecular flexibility index (Phi) is 6.25. The number of rotatable bonds is 4. The van der Waals surface area contributed by atoms with Gasteiger partial charge in [0.1, 0.15) is 0 Å². The van der Waals surface area contributed by atoms with Crippen molar-refractivity contribution in [2.24, 2.45) is 5.73 Å². The lowest BCUT2D eigenvalue weighted by atomic mass is 10.1. The van der Waals surface area contributed by atoms with E-state index >= 15 is 0 Å². The lowest BCUT2D eigenvalue weighted by Gasteiger charge is -2.19. The topological polar surface area (TPSA) is 72.9 Å². The second-order valence-corrected chi connectivity index (χ2v) is 6.27. The molecular weight excluding hydrogens is 357 g/mol. The molecule has 0 spiro atoms. The maximum absolute atomic E-state index is 13.5. The highest BCUT2D eigenvalue weighted by Crippen LogP contribution is 2.34. The summed E-state index contributed by atoms with van der Waals surface area (Å²) in [5, 5.41) is 6.20. The first-order valence-electron chi connectivity index (χ1n) is 7.29. The molecule has 9 heteroatoms. The summed E-state index contributed by atoms with van der Waals surface area (Å²) >= 11 is 0. The summed E-state index contributed by atoms with van der Waals surface area (Å²) in [4.78, 5) is 12.2. The molecule has 1 aromatic carbocycles. The third-order valence-corrected chi connectivity index (χ3v) is 3.33. The van der Waals surface area contributed by atoms with E-state index in [1.54, 1.807) is 39.0 Å². The van der Waals surface area contributed by atoms with Crippen LogP contribution in [0.3, 0.4) is 0 Å². The molecule has 0 aliphatic carbocycles. The Balaban J connectivity index is 0.00000312.